The molecule has 0 saturated carbocycles. The number of hydrogen-bond acceptors (Lipinski definition) is 7. The Bertz CT molecular complexity index is 684. The van der Waals surface area contributed by atoms with Crippen LogP contribution in [0.25, 0.3) is 0 Å². The molecular formula is C13H18N2O7. The first-order valence-electron chi connectivity index (χ1n) is 6.96. The number of ether oxygens (including phenoxy) is 3. The topological polar surface area (TPSA) is 123 Å². The van der Waals surface area contributed by atoms with E-state index in [1.54, 1.807) is 6.92 Å². The molecule has 2 aliphatic heterocycles. The van der Waals surface area contributed by atoms with E-state index >= 15 is 0 Å². The van der Waals surface area contributed by atoms with Crippen molar-refractivity contribution < 1.29 is 24.4 Å². The van der Waals surface area contributed by atoms with Gasteiger partial charge in [-0.25, -0.2) is 4.79 Å². The lowest BCUT2D eigenvalue weighted by molar-refractivity contribution is -0.336. The monoisotopic (exact) mass is 314 g/mol. The fraction of sp³-hybridized carbons (Fsp3) is 0.692. The third-order valence-corrected chi connectivity index (χ3v) is 3.91. The summed E-state index contributed by atoms with van der Waals surface area (Å²) < 4.78 is 17.8. The molecule has 9 nitrogen and oxygen atoms in total. The van der Waals surface area contributed by atoms with Gasteiger partial charge < -0.3 is 24.4 Å². The van der Waals surface area contributed by atoms with Gasteiger partial charge in [0, 0.05) is 11.8 Å². The maximum atomic E-state index is 12.0. The highest BCUT2D eigenvalue weighted by Gasteiger charge is 2.60. The molecule has 3 heterocycles. The van der Waals surface area contributed by atoms with Crippen molar-refractivity contribution in [2.24, 2.45) is 0 Å². The summed E-state index contributed by atoms with van der Waals surface area (Å²) in [4.78, 5) is 25.5. The van der Waals surface area contributed by atoms with Gasteiger partial charge >= 0.3 is 5.69 Å². The van der Waals surface area contributed by atoms with E-state index in [4.69, 9.17) is 14.2 Å². The van der Waals surface area contributed by atoms with Crippen LogP contribution >= 0.6 is 0 Å². The van der Waals surface area contributed by atoms with Crippen molar-refractivity contribution in [3.63, 3.8) is 0 Å². The van der Waals surface area contributed by atoms with Crippen LogP contribution in [0.15, 0.2) is 15.8 Å². The number of nitrogens with one attached hydrogen (secondary N) is 1. The van der Waals surface area contributed by atoms with Crippen LogP contribution in [0.5, 0.6) is 0 Å². The van der Waals surface area contributed by atoms with Crippen molar-refractivity contribution in [1.82, 2.24) is 9.55 Å². The Morgan fingerprint density at radius 2 is 2.18 bits per heavy atom. The van der Waals surface area contributed by atoms with E-state index in [0.717, 1.165) is 4.57 Å². The second-order valence-corrected chi connectivity index (χ2v) is 5.63. The van der Waals surface area contributed by atoms with Crippen molar-refractivity contribution in [2.75, 3.05) is 13.2 Å². The van der Waals surface area contributed by atoms with Gasteiger partial charge in [-0.15, -0.1) is 0 Å². The van der Waals surface area contributed by atoms with Gasteiger partial charge in [-0.3, -0.25) is 14.3 Å². The molecular weight excluding hydrogens is 296 g/mol. The summed E-state index contributed by atoms with van der Waals surface area (Å²) >= 11 is 0. The van der Waals surface area contributed by atoms with Gasteiger partial charge in [0.1, 0.15) is 18.8 Å². The molecule has 2 fully saturated rings. The van der Waals surface area contributed by atoms with Crippen LogP contribution in [-0.2, 0) is 14.2 Å². The minimum atomic E-state index is -1.54. The summed E-state index contributed by atoms with van der Waals surface area (Å²) in [5.74, 6) is -1.54. The second-order valence-electron chi connectivity index (χ2n) is 5.63. The molecule has 0 aliphatic carbocycles. The molecule has 2 aliphatic rings. The second kappa shape index (κ2) is 5.28. The van der Waals surface area contributed by atoms with Gasteiger partial charge in [-0.05, 0) is 13.8 Å². The number of fused-ring (bicyclic) bond motifs is 1. The molecule has 0 amide bonds. The van der Waals surface area contributed by atoms with Gasteiger partial charge in [0.05, 0.1) is 12.7 Å². The minimum absolute atomic E-state index is 0.235. The van der Waals surface area contributed by atoms with Crippen LogP contribution in [-0.4, -0.2) is 57.1 Å². The number of rotatable bonds is 2. The molecule has 3 rings (SSSR count). The fourth-order valence-electron chi connectivity index (χ4n) is 2.85. The first-order chi connectivity index (χ1) is 10.4. The lowest BCUT2D eigenvalue weighted by Crippen LogP contribution is -2.56. The van der Waals surface area contributed by atoms with Crippen LogP contribution in [0.3, 0.4) is 0 Å². The van der Waals surface area contributed by atoms with E-state index in [1.807, 2.05) is 0 Å². The van der Waals surface area contributed by atoms with Crippen molar-refractivity contribution in [1.29, 1.82) is 0 Å². The van der Waals surface area contributed by atoms with Crippen LogP contribution in [0.2, 0.25) is 0 Å². The van der Waals surface area contributed by atoms with E-state index in [0.29, 0.717) is 5.56 Å². The average molecular weight is 314 g/mol. The molecule has 3 N–H and O–H groups in total. The Hall–Kier alpha value is -1.52. The molecule has 9 heteroatoms. The maximum Gasteiger partial charge on any atom is 0.330 e. The van der Waals surface area contributed by atoms with Gasteiger partial charge in [-0.1, -0.05) is 0 Å². The number of aromatic amines is 1. The minimum Gasteiger partial charge on any atom is -0.391 e. The summed E-state index contributed by atoms with van der Waals surface area (Å²) in [7, 11) is 0. The van der Waals surface area contributed by atoms with Crippen LogP contribution in [0.4, 0.5) is 0 Å². The number of aliphatic hydroxyl groups excluding tert-OH is 2. The quantitative estimate of drug-likeness (QED) is 0.590. The Morgan fingerprint density at radius 1 is 1.45 bits per heavy atom. The fourth-order valence-corrected chi connectivity index (χ4v) is 2.85. The predicted octanol–water partition coefficient (Wildman–Crippen LogP) is -1.77. The highest BCUT2D eigenvalue weighted by Crippen LogP contribution is 2.42. The van der Waals surface area contributed by atoms with E-state index < -0.39 is 42.1 Å². The first-order valence-corrected chi connectivity index (χ1v) is 6.96. The van der Waals surface area contributed by atoms with Gasteiger partial charge in [0.25, 0.3) is 5.56 Å². The molecule has 1 aromatic heterocycles. The first kappa shape index (κ1) is 15.4. The summed E-state index contributed by atoms with van der Waals surface area (Å²) in [5, 5.41) is 20.0. The van der Waals surface area contributed by atoms with Crippen molar-refractivity contribution in [2.45, 2.75) is 44.2 Å². The molecule has 0 unspecified atom stereocenters. The van der Waals surface area contributed by atoms with Gasteiger partial charge in [-0.2, -0.15) is 0 Å². The van der Waals surface area contributed by atoms with Crippen LogP contribution in [0, 0.1) is 6.92 Å². The van der Waals surface area contributed by atoms with E-state index in [9.17, 15) is 19.8 Å². The zero-order valence-corrected chi connectivity index (χ0v) is 12.2. The van der Waals surface area contributed by atoms with Gasteiger partial charge in [0.2, 0.25) is 5.79 Å². The summed E-state index contributed by atoms with van der Waals surface area (Å²) in [6.45, 7) is 2.97. The number of aliphatic hydroxyl groups is 2. The highest BCUT2D eigenvalue weighted by molar-refractivity contribution is 5.05. The summed E-state index contributed by atoms with van der Waals surface area (Å²) in [5.41, 5.74) is -0.942. The summed E-state index contributed by atoms with van der Waals surface area (Å²) in [6.07, 6.45) is -2.34. The highest BCUT2D eigenvalue weighted by atomic mass is 16.8. The lowest BCUT2D eigenvalue weighted by Gasteiger charge is -2.39. The third-order valence-electron chi connectivity index (χ3n) is 3.91. The molecule has 22 heavy (non-hydrogen) atoms. The number of nitrogens with zero attached hydrogens (tertiary/aromatic N) is 1. The molecule has 0 aromatic carbocycles. The van der Waals surface area contributed by atoms with E-state index in [-0.39, 0.29) is 12.7 Å². The lowest BCUT2D eigenvalue weighted by atomic mass is 10.1. The van der Waals surface area contributed by atoms with Gasteiger partial charge in [0.15, 0.2) is 6.23 Å². The van der Waals surface area contributed by atoms with E-state index in [2.05, 4.69) is 4.98 Å². The van der Waals surface area contributed by atoms with Crippen molar-refractivity contribution >= 4 is 0 Å². The zero-order chi connectivity index (χ0) is 16.1. The van der Waals surface area contributed by atoms with E-state index in [1.165, 1.54) is 13.1 Å². The zero-order valence-electron chi connectivity index (χ0n) is 12.2. The molecule has 0 radical (unpaired) electrons. The molecule has 1 aromatic rings. The largest absolute Gasteiger partial charge is 0.391 e. The SMILES string of the molecule is Cc1cn([C@@H]2O[C@@]3(CO)O[C@H](C)CO[C@H]3[C@H]2O)c(=O)[nH]c1=O. The standard InChI is InChI=1S/C13H18N2O7/c1-6-3-15(12(19)14-10(6)18)11-8(17)9-13(5-16,22-11)21-7(2)4-20-9/h3,7-9,11,16-17H,4-5H2,1-2H3,(H,14,18,19)/t7-,8-,9+,11-,13-/m1/s1. The Balaban J connectivity index is 2.02. The molecule has 2 saturated heterocycles. The maximum absolute atomic E-state index is 12.0. The number of H-pyrrole nitrogens is 1. The smallest absolute Gasteiger partial charge is 0.330 e. The normalized spacial score (nSPS) is 38.0. The molecule has 0 bridgehead atoms. The predicted molar refractivity (Wildman–Crippen MR) is 72.3 cm³/mol. The Labute approximate surface area is 125 Å². The molecule has 0 spiro atoms. The molecule has 5 atom stereocenters. The third kappa shape index (κ3) is 2.22. The average Bonchev–Trinajstić information content (AvgIpc) is 2.76. The van der Waals surface area contributed by atoms with Crippen molar-refractivity contribution in [3.8, 4) is 0 Å². The Morgan fingerprint density at radius 3 is 2.86 bits per heavy atom. The van der Waals surface area contributed by atoms with Crippen molar-refractivity contribution in [3.05, 3.63) is 32.6 Å². The molecule has 122 valence electrons. The number of hydrogen-bond donors (Lipinski definition) is 3. The summed E-state index contributed by atoms with van der Waals surface area (Å²) in [6, 6.07) is 0. The van der Waals surface area contributed by atoms with Crippen LogP contribution < -0.4 is 11.2 Å². The van der Waals surface area contributed by atoms with Crippen LogP contribution in [0.1, 0.15) is 18.7 Å². The number of aromatic nitrogens is 2. The Kier molecular flexibility index (Phi) is 3.69. The number of aryl methyl sites for hydroxylation is 1.